The van der Waals surface area contributed by atoms with Gasteiger partial charge in [0.2, 0.25) is 5.95 Å². The summed E-state index contributed by atoms with van der Waals surface area (Å²) in [5.41, 5.74) is 4.52. The normalized spacial score (nSPS) is 14.7. The minimum atomic E-state index is 0.691. The highest BCUT2D eigenvalue weighted by atomic mass is 16.5. The first kappa shape index (κ1) is 15.7. The van der Waals surface area contributed by atoms with Gasteiger partial charge in [-0.2, -0.15) is 0 Å². The number of aromatic nitrogens is 4. The van der Waals surface area contributed by atoms with Gasteiger partial charge in [0.15, 0.2) is 0 Å². The molecule has 4 rings (SSSR count). The third kappa shape index (κ3) is 2.98. The van der Waals surface area contributed by atoms with E-state index >= 15 is 0 Å². The maximum atomic E-state index is 5.43. The second kappa shape index (κ2) is 6.60. The van der Waals surface area contributed by atoms with Gasteiger partial charge in [-0.15, -0.1) is 0 Å². The molecule has 0 amide bonds. The summed E-state index contributed by atoms with van der Waals surface area (Å²) in [6, 6.07) is 3.91. The van der Waals surface area contributed by atoms with E-state index in [1.54, 1.807) is 12.4 Å². The summed E-state index contributed by atoms with van der Waals surface area (Å²) in [6.07, 6.45) is 5.40. The molecule has 128 valence electrons. The minimum absolute atomic E-state index is 0.691. The molecule has 7 heteroatoms. The Balaban J connectivity index is 1.87. The van der Waals surface area contributed by atoms with Crippen LogP contribution in [0.15, 0.2) is 35.2 Å². The number of hydrogen-bond acceptors (Lipinski definition) is 7. The molecule has 1 fully saturated rings. The molecular formula is C18H19N5O2. The summed E-state index contributed by atoms with van der Waals surface area (Å²) in [7, 11) is 0. The molecule has 1 aliphatic heterocycles. The van der Waals surface area contributed by atoms with Crippen LogP contribution in [0.25, 0.3) is 22.4 Å². The molecule has 3 aromatic rings. The summed E-state index contributed by atoms with van der Waals surface area (Å²) in [5, 5.41) is 4.09. The third-order valence-corrected chi connectivity index (χ3v) is 4.33. The molecule has 3 aromatic heterocycles. The Morgan fingerprint density at radius 3 is 2.52 bits per heavy atom. The van der Waals surface area contributed by atoms with Crippen LogP contribution >= 0.6 is 0 Å². The lowest BCUT2D eigenvalue weighted by molar-refractivity contribution is 0.122. The number of morpholine rings is 1. The van der Waals surface area contributed by atoms with E-state index in [2.05, 4.69) is 20.0 Å². The first-order chi connectivity index (χ1) is 12.2. The molecule has 0 bridgehead atoms. The van der Waals surface area contributed by atoms with Gasteiger partial charge in [0, 0.05) is 37.2 Å². The van der Waals surface area contributed by atoms with Gasteiger partial charge in [0.1, 0.15) is 5.76 Å². The molecule has 0 unspecified atom stereocenters. The zero-order chi connectivity index (χ0) is 17.2. The maximum Gasteiger partial charge on any atom is 0.226 e. The Morgan fingerprint density at radius 1 is 1.08 bits per heavy atom. The number of pyridine rings is 1. The van der Waals surface area contributed by atoms with E-state index in [1.165, 1.54) is 0 Å². The summed E-state index contributed by atoms with van der Waals surface area (Å²) in [6.45, 7) is 6.79. The average Bonchev–Trinajstić information content (AvgIpc) is 3.01. The van der Waals surface area contributed by atoms with Crippen molar-refractivity contribution in [2.45, 2.75) is 13.8 Å². The number of hydrogen-bond donors (Lipinski definition) is 0. The predicted octanol–water partition coefficient (Wildman–Crippen LogP) is 2.65. The van der Waals surface area contributed by atoms with Crippen LogP contribution in [-0.2, 0) is 4.74 Å². The monoisotopic (exact) mass is 337 g/mol. The molecule has 0 N–H and O–H groups in total. The first-order valence-corrected chi connectivity index (χ1v) is 8.27. The van der Waals surface area contributed by atoms with Crippen LogP contribution < -0.4 is 4.90 Å². The number of aryl methyl sites for hydroxylation is 2. The summed E-state index contributed by atoms with van der Waals surface area (Å²) < 4.78 is 10.8. The molecule has 1 aliphatic rings. The average molecular weight is 337 g/mol. The molecule has 4 heterocycles. The third-order valence-electron chi connectivity index (χ3n) is 4.33. The van der Waals surface area contributed by atoms with Gasteiger partial charge in [-0.3, -0.25) is 4.98 Å². The lowest BCUT2D eigenvalue weighted by Crippen LogP contribution is -2.37. The molecule has 0 spiro atoms. The Morgan fingerprint density at radius 2 is 1.84 bits per heavy atom. The van der Waals surface area contributed by atoms with Crippen LogP contribution in [0.4, 0.5) is 5.95 Å². The van der Waals surface area contributed by atoms with Gasteiger partial charge in [-0.1, -0.05) is 5.16 Å². The highest BCUT2D eigenvalue weighted by Crippen LogP contribution is 2.34. The second-order valence-electron chi connectivity index (χ2n) is 5.97. The number of anilines is 1. The van der Waals surface area contributed by atoms with Gasteiger partial charge in [-0.25, -0.2) is 9.97 Å². The lowest BCUT2D eigenvalue weighted by Gasteiger charge is -2.27. The Hall–Kier alpha value is -2.80. The number of rotatable bonds is 3. The van der Waals surface area contributed by atoms with E-state index < -0.39 is 0 Å². The van der Waals surface area contributed by atoms with E-state index in [0.717, 1.165) is 46.9 Å². The molecule has 25 heavy (non-hydrogen) atoms. The highest BCUT2D eigenvalue weighted by Gasteiger charge is 2.21. The van der Waals surface area contributed by atoms with E-state index in [-0.39, 0.29) is 0 Å². The minimum Gasteiger partial charge on any atom is -0.378 e. The van der Waals surface area contributed by atoms with Crippen molar-refractivity contribution in [2.75, 3.05) is 31.2 Å². The van der Waals surface area contributed by atoms with E-state index in [1.807, 2.05) is 32.2 Å². The zero-order valence-corrected chi connectivity index (χ0v) is 14.3. The molecule has 0 aromatic carbocycles. The van der Waals surface area contributed by atoms with Gasteiger partial charge < -0.3 is 14.2 Å². The molecular weight excluding hydrogens is 318 g/mol. The largest absolute Gasteiger partial charge is 0.378 e. The highest BCUT2D eigenvalue weighted by molar-refractivity contribution is 5.82. The fourth-order valence-corrected chi connectivity index (χ4v) is 3.04. The SMILES string of the molecule is Cc1noc(C)c1-c1nc(N2CCOCC2)ncc1-c1ccncc1. The molecule has 1 saturated heterocycles. The van der Waals surface area contributed by atoms with Crippen LogP contribution in [0.2, 0.25) is 0 Å². The van der Waals surface area contributed by atoms with Crippen molar-refractivity contribution in [3.05, 3.63) is 42.2 Å². The van der Waals surface area contributed by atoms with Crippen molar-refractivity contribution in [3.63, 3.8) is 0 Å². The summed E-state index contributed by atoms with van der Waals surface area (Å²) in [4.78, 5) is 15.7. The van der Waals surface area contributed by atoms with E-state index in [0.29, 0.717) is 19.2 Å². The van der Waals surface area contributed by atoms with Crippen molar-refractivity contribution in [3.8, 4) is 22.4 Å². The Kier molecular flexibility index (Phi) is 4.15. The van der Waals surface area contributed by atoms with Crippen molar-refractivity contribution in [1.82, 2.24) is 20.1 Å². The fraction of sp³-hybridized carbons (Fsp3) is 0.333. The van der Waals surface area contributed by atoms with Crippen molar-refractivity contribution in [2.24, 2.45) is 0 Å². The number of ether oxygens (including phenoxy) is 1. The maximum absolute atomic E-state index is 5.43. The van der Waals surface area contributed by atoms with Crippen LogP contribution in [-0.4, -0.2) is 46.4 Å². The first-order valence-electron chi connectivity index (χ1n) is 8.27. The second-order valence-corrected chi connectivity index (χ2v) is 5.97. The van der Waals surface area contributed by atoms with E-state index in [4.69, 9.17) is 14.2 Å². The van der Waals surface area contributed by atoms with Gasteiger partial charge in [-0.05, 0) is 31.5 Å². The smallest absolute Gasteiger partial charge is 0.226 e. The van der Waals surface area contributed by atoms with Gasteiger partial charge >= 0.3 is 0 Å². The van der Waals surface area contributed by atoms with Crippen molar-refractivity contribution < 1.29 is 9.26 Å². The van der Waals surface area contributed by atoms with Crippen molar-refractivity contribution >= 4 is 5.95 Å². The fourth-order valence-electron chi connectivity index (χ4n) is 3.04. The van der Waals surface area contributed by atoms with Crippen LogP contribution in [0.3, 0.4) is 0 Å². The summed E-state index contributed by atoms with van der Waals surface area (Å²) in [5.74, 6) is 1.45. The lowest BCUT2D eigenvalue weighted by atomic mass is 10.0. The zero-order valence-electron chi connectivity index (χ0n) is 14.3. The van der Waals surface area contributed by atoms with Crippen LogP contribution in [0.5, 0.6) is 0 Å². The van der Waals surface area contributed by atoms with Gasteiger partial charge in [0.05, 0.1) is 30.2 Å². The molecule has 0 radical (unpaired) electrons. The molecule has 7 nitrogen and oxygen atoms in total. The quantitative estimate of drug-likeness (QED) is 0.727. The van der Waals surface area contributed by atoms with Crippen LogP contribution in [0.1, 0.15) is 11.5 Å². The summed E-state index contributed by atoms with van der Waals surface area (Å²) >= 11 is 0. The van der Waals surface area contributed by atoms with Crippen molar-refractivity contribution in [1.29, 1.82) is 0 Å². The Labute approximate surface area is 145 Å². The topological polar surface area (TPSA) is 77.2 Å². The van der Waals surface area contributed by atoms with Gasteiger partial charge in [0.25, 0.3) is 0 Å². The van der Waals surface area contributed by atoms with E-state index in [9.17, 15) is 0 Å². The standard InChI is InChI=1S/C18H19N5O2/c1-12-16(13(2)25-22-12)17-15(14-3-5-19-6-4-14)11-20-18(21-17)23-7-9-24-10-8-23/h3-6,11H,7-10H2,1-2H3. The van der Waals surface area contributed by atoms with Crippen LogP contribution in [0, 0.1) is 13.8 Å². The molecule has 0 saturated carbocycles. The number of nitrogens with zero attached hydrogens (tertiary/aromatic N) is 5. The Bertz CT molecular complexity index is 853. The molecule has 0 atom stereocenters. The molecule has 0 aliphatic carbocycles. The predicted molar refractivity (Wildman–Crippen MR) is 93.3 cm³/mol.